The lowest BCUT2D eigenvalue weighted by molar-refractivity contribution is -0.384. The minimum Gasteiger partial charge on any atom is -0.258 e. The third kappa shape index (κ3) is 1.91. The lowest BCUT2D eigenvalue weighted by atomic mass is 10.1. The third-order valence-corrected chi connectivity index (χ3v) is 3.04. The van der Waals surface area contributed by atoms with Crippen LogP contribution in [0.25, 0.3) is 11.1 Å². The van der Waals surface area contributed by atoms with Gasteiger partial charge in [-0.25, -0.2) is 4.39 Å². The summed E-state index contributed by atoms with van der Waals surface area (Å²) in [5.41, 5.74) is 0.671. The summed E-state index contributed by atoms with van der Waals surface area (Å²) in [6.45, 7) is 0. The number of halogens is 2. The van der Waals surface area contributed by atoms with Crippen LogP contribution in [0.1, 0.15) is 0 Å². The monoisotopic (exact) mass is 257 g/mol. The van der Waals surface area contributed by atoms with Gasteiger partial charge in [0.2, 0.25) is 0 Å². The van der Waals surface area contributed by atoms with E-state index in [2.05, 4.69) is 0 Å². The van der Waals surface area contributed by atoms with Crippen LogP contribution >= 0.6 is 22.9 Å². The van der Waals surface area contributed by atoms with Crippen molar-refractivity contribution >= 4 is 28.6 Å². The highest BCUT2D eigenvalue weighted by Gasteiger charge is 2.19. The van der Waals surface area contributed by atoms with Crippen molar-refractivity contribution in [2.45, 2.75) is 0 Å². The van der Waals surface area contributed by atoms with Crippen LogP contribution in [-0.4, -0.2) is 4.92 Å². The fraction of sp³-hybridized carbons (Fsp3) is 0. The van der Waals surface area contributed by atoms with Crippen molar-refractivity contribution in [2.24, 2.45) is 0 Å². The van der Waals surface area contributed by atoms with Gasteiger partial charge in [-0.05, 0) is 28.5 Å². The molecular formula is C10H5ClFNO2S. The standard InChI is InChI=1S/C10H5ClFNO2S/c11-8-4-10(13(14)15)7(3-9(8)12)6-1-2-16-5-6/h1-5H. The zero-order valence-electron chi connectivity index (χ0n) is 7.81. The summed E-state index contributed by atoms with van der Waals surface area (Å²) >= 11 is 6.90. The Hall–Kier alpha value is -1.46. The van der Waals surface area contributed by atoms with Crippen LogP contribution in [0.3, 0.4) is 0 Å². The molecule has 0 bridgehead atoms. The molecule has 3 nitrogen and oxygen atoms in total. The molecule has 2 rings (SSSR count). The van der Waals surface area contributed by atoms with E-state index < -0.39 is 10.7 Å². The SMILES string of the molecule is O=[N+]([O-])c1cc(Cl)c(F)cc1-c1ccsc1. The van der Waals surface area contributed by atoms with Gasteiger partial charge in [0.1, 0.15) is 5.82 Å². The Balaban J connectivity index is 2.68. The lowest BCUT2D eigenvalue weighted by Gasteiger charge is -2.02. The summed E-state index contributed by atoms with van der Waals surface area (Å²) in [6.07, 6.45) is 0. The molecule has 1 aromatic carbocycles. The van der Waals surface area contributed by atoms with Crippen LogP contribution in [0.2, 0.25) is 5.02 Å². The van der Waals surface area contributed by atoms with E-state index in [9.17, 15) is 14.5 Å². The molecule has 0 aliphatic carbocycles. The molecule has 0 atom stereocenters. The third-order valence-electron chi connectivity index (χ3n) is 2.07. The maximum absolute atomic E-state index is 13.3. The van der Waals surface area contributed by atoms with Gasteiger partial charge in [-0.3, -0.25) is 10.1 Å². The van der Waals surface area contributed by atoms with E-state index in [1.165, 1.54) is 11.3 Å². The van der Waals surface area contributed by atoms with Gasteiger partial charge >= 0.3 is 0 Å². The van der Waals surface area contributed by atoms with Crippen LogP contribution in [-0.2, 0) is 0 Å². The Morgan fingerprint density at radius 3 is 2.75 bits per heavy atom. The van der Waals surface area contributed by atoms with E-state index in [0.717, 1.165) is 12.1 Å². The highest BCUT2D eigenvalue weighted by molar-refractivity contribution is 7.08. The molecule has 1 aromatic heterocycles. The number of hydrogen-bond acceptors (Lipinski definition) is 3. The second kappa shape index (κ2) is 4.19. The minimum absolute atomic E-state index is 0.190. The molecule has 0 saturated heterocycles. The molecule has 0 aliphatic heterocycles. The lowest BCUT2D eigenvalue weighted by Crippen LogP contribution is -1.93. The number of nitrogens with zero attached hydrogens (tertiary/aromatic N) is 1. The van der Waals surface area contributed by atoms with Gasteiger partial charge < -0.3 is 0 Å². The molecule has 0 spiro atoms. The molecule has 2 aromatic rings. The fourth-order valence-electron chi connectivity index (χ4n) is 1.34. The highest BCUT2D eigenvalue weighted by Crippen LogP contribution is 2.34. The molecule has 6 heteroatoms. The molecule has 0 radical (unpaired) electrons. The average molecular weight is 258 g/mol. The number of thiophene rings is 1. The summed E-state index contributed by atoms with van der Waals surface area (Å²) in [6, 6.07) is 3.81. The first-order valence-electron chi connectivity index (χ1n) is 4.25. The van der Waals surface area contributed by atoms with Crippen molar-refractivity contribution in [3.05, 3.63) is 49.9 Å². The molecule has 16 heavy (non-hydrogen) atoms. The minimum atomic E-state index is -0.659. The van der Waals surface area contributed by atoms with Crippen molar-refractivity contribution in [1.29, 1.82) is 0 Å². The Morgan fingerprint density at radius 1 is 1.44 bits per heavy atom. The van der Waals surface area contributed by atoms with Crippen LogP contribution in [0.4, 0.5) is 10.1 Å². The number of nitro benzene ring substituents is 1. The van der Waals surface area contributed by atoms with Crippen LogP contribution in [0.5, 0.6) is 0 Å². The first-order chi connectivity index (χ1) is 7.59. The zero-order chi connectivity index (χ0) is 11.7. The van der Waals surface area contributed by atoms with Crippen LogP contribution in [0.15, 0.2) is 29.0 Å². The first kappa shape index (κ1) is 11.0. The van der Waals surface area contributed by atoms with E-state index in [1.807, 2.05) is 0 Å². The predicted molar refractivity (Wildman–Crippen MR) is 61.4 cm³/mol. The van der Waals surface area contributed by atoms with E-state index in [4.69, 9.17) is 11.6 Å². The summed E-state index contributed by atoms with van der Waals surface area (Å²) in [7, 11) is 0. The Kier molecular flexibility index (Phi) is 2.89. The second-order valence-electron chi connectivity index (χ2n) is 3.05. The molecule has 0 amide bonds. The second-order valence-corrected chi connectivity index (χ2v) is 4.24. The van der Waals surface area contributed by atoms with Crippen molar-refractivity contribution in [1.82, 2.24) is 0 Å². The summed E-state index contributed by atoms with van der Waals surface area (Å²) in [4.78, 5) is 10.2. The summed E-state index contributed by atoms with van der Waals surface area (Å²) in [5.74, 6) is -0.659. The first-order valence-corrected chi connectivity index (χ1v) is 5.57. The fourth-order valence-corrected chi connectivity index (χ4v) is 2.15. The maximum Gasteiger partial charge on any atom is 0.278 e. The molecule has 0 saturated carbocycles. The molecule has 82 valence electrons. The van der Waals surface area contributed by atoms with Crippen molar-refractivity contribution in [3.8, 4) is 11.1 Å². The summed E-state index contributed by atoms with van der Waals surface area (Å²) in [5, 5.41) is 14.1. The molecule has 0 aliphatic rings. The van der Waals surface area contributed by atoms with Gasteiger partial charge in [0.15, 0.2) is 0 Å². The molecule has 1 heterocycles. The molecule has 0 fully saturated rings. The largest absolute Gasteiger partial charge is 0.278 e. The van der Waals surface area contributed by atoms with Crippen LogP contribution in [0, 0.1) is 15.9 Å². The smallest absolute Gasteiger partial charge is 0.258 e. The predicted octanol–water partition coefficient (Wildman–Crippen LogP) is 4.12. The number of hydrogen-bond donors (Lipinski definition) is 0. The Labute approximate surface area is 99.3 Å². The van der Waals surface area contributed by atoms with E-state index >= 15 is 0 Å². The number of benzene rings is 1. The topological polar surface area (TPSA) is 43.1 Å². The summed E-state index contributed by atoms with van der Waals surface area (Å²) < 4.78 is 13.3. The van der Waals surface area contributed by atoms with Gasteiger partial charge in [0.25, 0.3) is 5.69 Å². The average Bonchev–Trinajstić information content (AvgIpc) is 2.74. The van der Waals surface area contributed by atoms with Gasteiger partial charge in [-0.2, -0.15) is 11.3 Å². The van der Waals surface area contributed by atoms with E-state index in [0.29, 0.717) is 5.56 Å². The van der Waals surface area contributed by atoms with Crippen LogP contribution < -0.4 is 0 Å². The molecule has 0 unspecified atom stereocenters. The van der Waals surface area contributed by atoms with Gasteiger partial charge in [0, 0.05) is 6.07 Å². The quantitative estimate of drug-likeness (QED) is 0.600. The number of rotatable bonds is 2. The normalized spacial score (nSPS) is 10.4. The van der Waals surface area contributed by atoms with Crippen molar-refractivity contribution in [2.75, 3.05) is 0 Å². The zero-order valence-corrected chi connectivity index (χ0v) is 9.39. The maximum atomic E-state index is 13.3. The molecular weight excluding hydrogens is 253 g/mol. The van der Waals surface area contributed by atoms with Gasteiger partial charge in [0.05, 0.1) is 15.5 Å². The number of nitro groups is 1. The highest BCUT2D eigenvalue weighted by atomic mass is 35.5. The molecule has 0 N–H and O–H groups in total. The van der Waals surface area contributed by atoms with Gasteiger partial charge in [-0.1, -0.05) is 11.6 Å². The van der Waals surface area contributed by atoms with Gasteiger partial charge in [-0.15, -0.1) is 0 Å². The van der Waals surface area contributed by atoms with Crippen molar-refractivity contribution in [3.63, 3.8) is 0 Å². The Morgan fingerprint density at radius 2 is 2.19 bits per heavy atom. The van der Waals surface area contributed by atoms with Crippen molar-refractivity contribution < 1.29 is 9.31 Å². The van der Waals surface area contributed by atoms with E-state index in [1.54, 1.807) is 16.8 Å². The van der Waals surface area contributed by atoms with E-state index in [-0.39, 0.29) is 16.3 Å². The Bertz CT molecular complexity index is 542.